The Labute approximate surface area is 102 Å². The molecule has 0 saturated carbocycles. The molecule has 1 rings (SSSR count). The van der Waals surface area contributed by atoms with E-state index in [0.717, 1.165) is 10.8 Å². The van der Waals surface area contributed by atoms with Crippen LogP contribution in [-0.4, -0.2) is 35.7 Å². The lowest BCUT2D eigenvalue weighted by molar-refractivity contribution is -0.121. The monoisotopic (exact) mass is 252 g/mol. The molecule has 0 aliphatic heterocycles. The van der Waals surface area contributed by atoms with Gasteiger partial charge in [-0.25, -0.2) is 4.79 Å². The Hall–Kier alpha value is -2.40. The van der Waals surface area contributed by atoms with Crippen molar-refractivity contribution in [3.63, 3.8) is 0 Å². The number of nitriles is 1. The van der Waals surface area contributed by atoms with Gasteiger partial charge in [0, 0.05) is 19.9 Å². The van der Waals surface area contributed by atoms with E-state index in [9.17, 15) is 14.4 Å². The summed E-state index contributed by atoms with van der Waals surface area (Å²) in [5, 5.41) is 11.2. The number of hydrogen-bond donors (Lipinski definition) is 2. The lowest BCUT2D eigenvalue weighted by atomic mass is 10.3. The molecule has 1 heterocycles. The van der Waals surface area contributed by atoms with E-state index in [2.05, 4.69) is 5.32 Å². The fraction of sp³-hybridized carbons (Fsp3) is 0.400. The normalized spacial score (nSPS) is 9.78. The SMILES string of the molecule is COCCNC(=O)Cn1cc(C#N)c(=O)[nH]c1=O. The zero-order chi connectivity index (χ0) is 13.5. The minimum absolute atomic E-state index is 0.223. The second kappa shape index (κ2) is 6.36. The molecule has 0 aromatic carbocycles. The molecule has 2 N–H and O–H groups in total. The van der Waals surface area contributed by atoms with E-state index in [-0.39, 0.29) is 12.1 Å². The van der Waals surface area contributed by atoms with Crippen LogP contribution in [0.15, 0.2) is 15.8 Å². The first-order valence-corrected chi connectivity index (χ1v) is 5.08. The van der Waals surface area contributed by atoms with E-state index >= 15 is 0 Å². The lowest BCUT2D eigenvalue weighted by Gasteiger charge is -2.06. The number of nitrogens with one attached hydrogen (secondary N) is 2. The molecular formula is C10H12N4O4. The summed E-state index contributed by atoms with van der Waals surface area (Å²) < 4.78 is 5.71. The maximum absolute atomic E-state index is 11.4. The molecule has 8 heteroatoms. The van der Waals surface area contributed by atoms with Crippen molar-refractivity contribution in [2.75, 3.05) is 20.3 Å². The quantitative estimate of drug-likeness (QED) is 0.598. The van der Waals surface area contributed by atoms with Crippen LogP contribution in [0.25, 0.3) is 0 Å². The maximum Gasteiger partial charge on any atom is 0.328 e. The zero-order valence-electron chi connectivity index (χ0n) is 9.73. The molecule has 0 aliphatic rings. The van der Waals surface area contributed by atoms with Crippen molar-refractivity contribution >= 4 is 5.91 Å². The van der Waals surface area contributed by atoms with Crippen LogP contribution in [0.5, 0.6) is 0 Å². The number of carbonyl (C=O) groups is 1. The largest absolute Gasteiger partial charge is 0.383 e. The molecule has 1 amide bonds. The van der Waals surface area contributed by atoms with E-state index in [1.807, 2.05) is 4.98 Å². The minimum atomic E-state index is -0.765. The van der Waals surface area contributed by atoms with Crippen molar-refractivity contribution in [2.24, 2.45) is 0 Å². The lowest BCUT2D eigenvalue weighted by Crippen LogP contribution is -2.37. The van der Waals surface area contributed by atoms with Crippen molar-refractivity contribution in [2.45, 2.75) is 6.54 Å². The third-order valence-corrected chi connectivity index (χ3v) is 2.07. The Morgan fingerprint density at radius 3 is 2.94 bits per heavy atom. The molecule has 0 saturated heterocycles. The van der Waals surface area contributed by atoms with Crippen molar-refractivity contribution in [1.29, 1.82) is 5.26 Å². The Kier molecular flexibility index (Phi) is 4.83. The van der Waals surface area contributed by atoms with Gasteiger partial charge in [-0.3, -0.25) is 19.1 Å². The van der Waals surface area contributed by atoms with Gasteiger partial charge in [-0.15, -0.1) is 0 Å². The van der Waals surface area contributed by atoms with Crippen molar-refractivity contribution in [3.05, 3.63) is 32.6 Å². The first kappa shape index (κ1) is 13.7. The van der Waals surface area contributed by atoms with Gasteiger partial charge >= 0.3 is 5.69 Å². The minimum Gasteiger partial charge on any atom is -0.383 e. The second-order valence-electron chi connectivity index (χ2n) is 3.38. The van der Waals surface area contributed by atoms with E-state index in [1.54, 1.807) is 6.07 Å². The Bertz CT molecular complexity index is 581. The molecule has 1 aromatic rings. The van der Waals surface area contributed by atoms with Crippen LogP contribution in [0.3, 0.4) is 0 Å². The van der Waals surface area contributed by atoms with Crippen LogP contribution in [0, 0.1) is 11.3 Å². The number of hydrogen-bond acceptors (Lipinski definition) is 5. The van der Waals surface area contributed by atoms with Crippen LogP contribution in [0.2, 0.25) is 0 Å². The van der Waals surface area contributed by atoms with Gasteiger partial charge in [0.1, 0.15) is 18.2 Å². The molecule has 0 fully saturated rings. The number of amides is 1. The second-order valence-corrected chi connectivity index (χ2v) is 3.38. The van der Waals surface area contributed by atoms with Gasteiger partial charge in [-0.05, 0) is 0 Å². The summed E-state index contributed by atoms with van der Waals surface area (Å²) in [6.45, 7) is 0.405. The number of methoxy groups -OCH3 is 1. The molecule has 0 unspecified atom stereocenters. The summed E-state index contributed by atoms with van der Waals surface area (Å²) in [7, 11) is 1.50. The highest BCUT2D eigenvalue weighted by Gasteiger charge is 2.07. The van der Waals surface area contributed by atoms with Gasteiger partial charge in [-0.2, -0.15) is 5.26 Å². The number of carbonyl (C=O) groups excluding carboxylic acids is 1. The third kappa shape index (κ3) is 3.57. The van der Waals surface area contributed by atoms with Gasteiger partial charge in [0.05, 0.1) is 6.61 Å². The van der Waals surface area contributed by atoms with Crippen LogP contribution >= 0.6 is 0 Å². The summed E-state index contributed by atoms with van der Waals surface area (Å²) in [6, 6.07) is 1.63. The smallest absolute Gasteiger partial charge is 0.328 e. The van der Waals surface area contributed by atoms with Crippen molar-refractivity contribution in [3.8, 4) is 6.07 Å². The Morgan fingerprint density at radius 2 is 2.33 bits per heavy atom. The number of nitrogens with zero attached hydrogens (tertiary/aromatic N) is 2. The average Bonchev–Trinajstić information content (AvgIpc) is 2.33. The fourth-order valence-electron chi connectivity index (χ4n) is 1.21. The molecule has 8 nitrogen and oxygen atoms in total. The summed E-state index contributed by atoms with van der Waals surface area (Å²) in [6.07, 6.45) is 1.05. The van der Waals surface area contributed by atoms with Gasteiger partial charge < -0.3 is 10.1 Å². The summed E-state index contributed by atoms with van der Waals surface area (Å²) in [4.78, 5) is 35.9. The molecule has 1 aromatic heterocycles. The number of rotatable bonds is 5. The van der Waals surface area contributed by atoms with Gasteiger partial charge in [0.15, 0.2) is 0 Å². The molecular weight excluding hydrogens is 240 g/mol. The standard InChI is InChI=1S/C10H12N4O4/c1-18-3-2-12-8(15)6-14-5-7(4-11)9(16)13-10(14)17/h5H,2-3,6H2,1H3,(H,12,15)(H,13,16,17). The summed E-state index contributed by atoms with van der Waals surface area (Å²) in [5.74, 6) is -0.412. The predicted molar refractivity (Wildman–Crippen MR) is 60.9 cm³/mol. The molecule has 18 heavy (non-hydrogen) atoms. The average molecular weight is 252 g/mol. The highest BCUT2D eigenvalue weighted by Crippen LogP contribution is 1.85. The molecule has 0 spiro atoms. The van der Waals surface area contributed by atoms with E-state index in [1.165, 1.54) is 7.11 Å². The first-order chi connectivity index (χ1) is 8.58. The van der Waals surface area contributed by atoms with E-state index in [4.69, 9.17) is 10.00 Å². The number of H-pyrrole nitrogens is 1. The Balaban J connectivity index is 2.79. The summed E-state index contributed by atoms with van der Waals surface area (Å²) in [5.41, 5.74) is -1.72. The van der Waals surface area contributed by atoms with Crippen LogP contribution in [-0.2, 0) is 16.1 Å². The molecule has 0 atom stereocenters. The predicted octanol–water partition coefficient (Wildman–Crippen LogP) is -1.83. The zero-order valence-corrected chi connectivity index (χ0v) is 9.73. The summed E-state index contributed by atoms with van der Waals surface area (Å²) >= 11 is 0. The highest BCUT2D eigenvalue weighted by molar-refractivity contribution is 5.75. The van der Waals surface area contributed by atoms with Crippen LogP contribution < -0.4 is 16.6 Å². The fourth-order valence-corrected chi connectivity index (χ4v) is 1.21. The van der Waals surface area contributed by atoms with Gasteiger partial charge in [-0.1, -0.05) is 0 Å². The molecule has 96 valence electrons. The highest BCUT2D eigenvalue weighted by atomic mass is 16.5. The number of aromatic amines is 1. The van der Waals surface area contributed by atoms with Crippen molar-refractivity contribution in [1.82, 2.24) is 14.9 Å². The molecule has 0 radical (unpaired) electrons. The molecule has 0 bridgehead atoms. The third-order valence-electron chi connectivity index (χ3n) is 2.07. The number of aromatic nitrogens is 2. The Morgan fingerprint density at radius 1 is 1.61 bits per heavy atom. The van der Waals surface area contributed by atoms with E-state index < -0.39 is 17.2 Å². The first-order valence-electron chi connectivity index (χ1n) is 5.08. The number of ether oxygens (including phenoxy) is 1. The van der Waals surface area contributed by atoms with Crippen LogP contribution in [0.4, 0.5) is 0 Å². The topological polar surface area (TPSA) is 117 Å². The van der Waals surface area contributed by atoms with Crippen LogP contribution in [0.1, 0.15) is 5.56 Å². The van der Waals surface area contributed by atoms with Gasteiger partial charge in [0.25, 0.3) is 5.56 Å². The van der Waals surface area contributed by atoms with E-state index in [0.29, 0.717) is 13.2 Å². The van der Waals surface area contributed by atoms with Crippen molar-refractivity contribution < 1.29 is 9.53 Å². The maximum atomic E-state index is 11.4. The van der Waals surface area contributed by atoms with Gasteiger partial charge in [0.2, 0.25) is 5.91 Å². The molecule has 0 aliphatic carbocycles.